The first-order valence-electron chi connectivity index (χ1n) is 7.06. The SMILES string of the molecule is CC1CCC(O)(CNC(=O)c2cc(N)c(Cl)c(Cl)c2)CC1. The van der Waals surface area contributed by atoms with Crippen molar-refractivity contribution in [2.75, 3.05) is 12.3 Å². The summed E-state index contributed by atoms with van der Waals surface area (Å²) in [4.78, 5) is 12.1. The molecule has 0 aromatic heterocycles. The Morgan fingerprint density at radius 1 is 1.43 bits per heavy atom. The summed E-state index contributed by atoms with van der Waals surface area (Å²) in [6, 6.07) is 2.96. The molecule has 2 rings (SSSR count). The summed E-state index contributed by atoms with van der Waals surface area (Å²) in [6.07, 6.45) is 3.37. The van der Waals surface area contributed by atoms with Gasteiger partial charge in [-0.3, -0.25) is 4.79 Å². The molecule has 1 aliphatic rings. The highest BCUT2D eigenvalue weighted by atomic mass is 35.5. The summed E-state index contributed by atoms with van der Waals surface area (Å²) < 4.78 is 0. The Hall–Kier alpha value is -0.970. The highest BCUT2D eigenvalue weighted by molar-refractivity contribution is 6.43. The fraction of sp³-hybridized carbons (Fsp3) is 0.533. The van der Waals surface area contributed by atoms with E-state index in [0.29, 0.717) is 24.3 Å². The molecule has 1 saturated carbocycles. The second-order valence-corrected chi connectivity index (χ2v) is 6.74. The van der Waals surface area contributed by atoms with E-state index in [2.05, 4.69) is 12.2 Å². The Kier molecular flexibility index (Phi) is 5.02. The lowest BCUT2D eigenvalue weighted by Gasteiger charge is -2.34. The number of nitrogen functional groups attached to an aromatic ring is 1. The third-order valence-electron chi connectivity index (χ3n) is 4.10. The molecule has 0 saturated heterocycles. The second kappa shape index (κ2) is 6.42. The predicted molar refractivity (Wildman–Crippen MR) is 85.8 cm³/mol. The van der Waals surface area contributed by atoms with Gasteiger partial charge in [-0.1, -0.05) is 30.1 Å². The molecular formula is C15H20Cl2N2O2. The Morgan fingerprint density at radius 3 is 2.62 bits per heavy atom. The predicted octanol–water partition coefficient (Wildman–Crippen LogP) is 3.25. The molecule has 0 bridgehead atoms. The molecule has 21 heavy (non-hydrogen) atoms. The average Bonchev–Trinajstić information content (AvgIpc) is 2.45. The van der Waals surface area contributed by atoms with Crippen LogP contribution in [-0.2, 0) is 0 Å². The lowest BCUT2D eigenvalue weighted by atomic mass is 9.79. The number of halogens is 2. The molecule has 1 aliphatic carbocycles. The maximum absolute atomic E-state index is 12.1. The van der Waals surface area contributed by atoms with Crippen molar-refractivity contribution in [3.63, 3.8) is 0 Å². The molecule has 0 unspecified atom stereocenters. The maximum Gasteiger partial charge on any atom is 0.251 e. The van der Waals surface area contributed by atoms with E-state index in [1.807, 2.05) is 0 Å². The van der Waals surface area contributed by atoms with Gasteiger partial charge in [-0.15, -0.1) is 0 Å². The van der Waals surface area contributed by atoms with E-state index in [4.69, 9.17) is 28.9 Å². The van der Waals surface area contributed by atoms with Gasteiger partial charge in [0.25, 0.3) is 5.91 Å². The zero-order chi connectivity index (χ0) is 15.6. The van der Waals surface area contributed by atoms with Crippen molar-refractivity contribution in [3.05, 3.63) is 27.7 Å². The molecule has 1 aromatic rings. The van der Waals surface area contributed by atoms with Crippen molar-refractivity contribution >= 4 is 34.8 Å². The third-order valence-corrected chi connectivity index (χ3v) is 4.92. The van der Waals surface area contributed by atoms with Gasteiger partial charge in [0.2, 0.25) is 0 Å². The lowest BCUT2D eigenvalue weighted by molar-refractivity contribution is -0.00539. The summed E-state index contributed by atoms with van der Waals surface area (Å²) in [5, 5.41) is 13.7. The van der Waals surface area contributed by atoms with E-state index < -0.39 is 5.60 Å². The molecule has 0 radical (unpaired) electrons. The number of benzene rings is 1. The van der Waals surface area contributed by atoms with Crippen molar-refractivity contribution in [1.82, 2.24) is 5.32 Å². The van der Waals surface area contributed by atoms with E-state index >= 15 is 0 Å². The lowest BCUT2D eigenvalue weighted by Crippen LogP contribution is -2.45. The minimum absolute atomic E-state index is 0.235. The van der Waals surface area contributed by atoms with Crippen LogP contribution in [0, 0.1) is 5.92 Å². The molecule has 1 amide bonds. The Labute approximate surface area is 134 Å². The molecule has 0 heterocycles. The van der Waals surface area contributed by atoms with Crippen LogP contribution in [0.3, 0.4) is 0 Å². The van der Waals surface area contributed by atoms with Crippen LogP contribution in [0.25, 0.3) is 0 Å². The summed E-state index contributed by atoms with van der Waals surface area (Å²) in [5.41, 5.74) is 5.48. The van der Waals surface area contributed by atoms with E-state index in [-0.39, 0.29) is 28.2 Å². The van der Waals surface area contributed by atoms with E-state index in [1.54, 1.807) is 0 Å². The first-order valence-corrected chi connectivity index (χ1v) is 7.81. The normalized spacial score (nSPS) is 25.6. The molecule has 0 aliphatic heterocycles. The van der Waals surface area contributed by atoms with Gasteiger partial charge < -0.3 is 16.2 Å². The quantitative estimate of drug-likeness (QED) is 0.744. The van der Waals surface area contributed by atoms with Crippen molar-refractivity contribution < 1.29 is 9.90 Å². The molecule has 0 atom stereocenters. The molecule has 4 N–H and O–H groups in total. The van der Waals surface area contributed by atoms with Crippen LogP contribution in [0.15, 0.2) is 12.1 Å². The zero-order valence-electron chi connectivity index (χ0n) is 12.0. The van der Waals surface area contributed by atoms with Crippen LogP contribution < -0.4 is 11.1 Å². The Balaban J connectivity index is 1.99. The summed E-state index contributed by atoms with van der Waals surface area (Å²) in [6.45, 7) is 2.41. The number of carbonyl (C=O) groups is 1. The number of hydrogen-bond donors (Lipinski definition) is 3. The standard InChI is InChI=1S/C15H20Cl2N2O2/c1-9-2-4-15(21,5-3-9)8-19-14(20)10-6-11(16)13(17)12(18)7-10/h6-7,9,21H,2-5,8,18H2,1H3,(H,19,20). The highest BCUT2D eigenvalue weighted by Gasteiger charge is 2.32. The highest BCUT2D eigenvalue weighted by Crippen LogP contribution is 2.32. The topological polar surface area (TPSA) is 75.3 Å². The molecule has 0 spiro atoms. The van der Waals surface area contributed by atoms with Gasteiger partial charge in [0.1, 0.15) is 0 Å². The first kappa shape index (κ1) is 16.4. The van der Waals surface area contributed by atoms with Crippen molar-refractivity contribution in [2.45, 2.75) is 38.2 Å². The van der Waals surface area contributed by atoms with Crippen LogP contribution in [-0.4, -0.2) is 23.2 Å². The second-order valence-electron chi connectivity index (χ2n) is 5.95. The van der Waals surface area contributed by atoms with Gasteiger partial charge in [0, 0.05) is 12.1 Å². The van der Waals surface area contributed by atoms with E-state index in [0.717, 1.165) is 12.8 Å². The summed E-state index contributed by atoms with van der Waals surface area (Å²) in [5.74, 6) is 0.322. The van der Waals surface area contributed by atoms with Gasteiger partial charge in [-0.2, -0.15) is 0 Å². The van der Waals surface area contributed by atoms with Crippen molar-refractivity contribution in [1.29, 1.82) is 0 Å². The molecular weight excluding hydrogens is 311 g/mol. The molecule has 6 heteroatoms. The Bertz CT molecular complexity index is 517. The van der Waals surface area contributed by atoms with Gasteiger partial charge in [0.15, 0.2) is 0 Å². The van der Waals surface area contributed by atoms with Gasteiger partial charge in [-0.25, -0.2) is 0 Å². The van der Waals surface area contributed by atoms with Gasteiger partial charge in [-0.05, 0) is 43.7 Å². The number of rotatable bonds is 3. The van der Waals surface area contributed by atoms with Crippen LogP contribution in [0.4, 0.5) is 5.69 Å². The largest absolute Gasteiger partial charge is 0.397 e. The Morgan fingerprint density at radius 2 is 2.05 bits per heavy atom. The fourth-order valence-electron chi connectivity index (χ4n) is 2.56. The first-order chi connectivity index (χ1) is 9.81. The van der Waals surface area contributed by atoms with Crippen LogP contribution in [0.2, 0.25) is 10.0 Å². The average molecular weight is 331 g/mol. The van der Waals surface area contributed by atoms with Gasteiger partial charge >= 0.3 is 0 Å². The summed E-state index contributed by atoms with van der Waals surface area (Å²) >= 11 is 11.8. The maximum atomic E-state index is 12.1. The van der Waals surface area contributed by atoms with E-state index in [1.165, 1.54) is 12.1 Å². The number of anilines is 1. The number of aliphatic hydroxyl groups is 1. The molecule has 116 valence electrons. The smallest absolute Gasteiger partial charge is 0.251 e. The van der Waals surface area contributed by atoms with Gasteiger partial charge in [0.05, 0.1) is 21.3 Å². The minimum atomic E-state index is -0.816. The van der Waals surface area contributed by atoms with Crippen molar-refractivity contribution in [3.8, 4) is 0 Å². The summed E-state index contributed by atoms with van der Waals surface area (Å²) in [7, 11) is 0. The third kappa shape index (κ3) is 4.02. The molecule has 1 aromatic carbocycles. The van der Waals surface area contributed by atoms with Crippen LogP contribution >= 0.6 is 23.2 Å². The van der Waals surface area contributed by atoms with Crippen molar-refractivity contribution in [2.24, 2.45) is 5.92 Å². The fourth-order valence-corrected chi connectivity index (χ4v) is 2.90. The number of carbonyl (C=O) groups excluding carboxylic acids is 1. The van der Waals surface area contributed by atoms with E-state index in [9.17, 15) is 9.90 Å². The van der Waals surface area contributed by atoms with Crippen LogP contribution in [0.5, 0.6) is 0 Å². The minimum Gasteiger partial charge on any atom is -0.397 e. The number of nitrogens with two attached hydrogens (primary N) is 1. The number of nitrogens with one attached hydrogen (secondary N) is 1. The number of hydrogen-bond acceptors (Lipinski definition) is 3. The zero-order valence-corrected chi connectivity index (χ0v) is 13.5. The molecule has 4 nitrogen and oxygen atoms in total. The van der Waals surface area contributed by atoms with Crippen LogP contribution in [0.1, 0.15) is 43.0 Å². The monoisotopic (exact) mass is 330 g/mol. The number of amides is 1. The molecule has 1 fully saturated rings.